The highest BCUT2D eigenvalue weighted by Crippen LogP contribution is 2.27. The fourth-order valence-electron chi connectivity index (χ4n) is 2.67. The van der Waals surface area contributed by atoms with Crippen molar-refractivity contribution in [1.29, 1.82) is 0 Å². The van der Waals surface area contributed by atoms with Gasteiger partial charge in [-0.25, -0.2) is 9.78 Å². The lowest BCUT2D eigenvalue weighted by atomic mass is 10.3. The number of nitrogens with zero attached hydrogens (tertiary/aromatic N) is 4. The highest BCUT2D eigenvalue weighted by atomic mass is 19.4. The second kappa shape index (κ2) is 7.32. The van der Waals surface area contributed by atoms with E-state index in [1.807, 2.05) is 13.0 Å². The Bertz CT molecular complexity index is 752. The summed E-state index contributed by atoms with van der Waals surface area (Å²) in [5, 5.41) is 6.52. The summed E-state index contributed by atoms with van der Waals surface area (Å²) in [4.78, 5) is 19.3. The van der Waals surface area contributed by atoms with Gasteiger partial charge in [0.1, 0.15) is 11.5 Å². The summed E-state index contributed by atoms with van der Waals surface area (Å²) in [5.41, 5.74) is 0.0759. The standard InChI is InChI=1S/C16H18F3N5O2/c1-11-8-13(22-26-11)10-23-4-6-24(7-5-23)15(25)21-12-2-3-14(20-9-12)16(17,18)19/h2-3,8-9H,4-7,10H2,1H3,(H,21,25). The molecule has 1 aliphatic rings. The van der Waals surface area contributed by atoms with Crippen LogP contribution in [0.25, 0.3) is 0 Å². The normalized spacial score (nSPS) is 15.9. The number of carbonyl (C=O) groups excluding carboxylic acids is 1. The number of hydrogen-bond donors (Lipinski definition) is 1. The Hall–Kier alpha value is -2.62. The molecule has 3 heterocycles. The molecule has 0 aliphatic carbocycles. The first-order valence-corrected chi connectivity index (χ1v) is 8.05. The Morgan fingerprint density at radius 2 is 2.00 bits per heavy atom. The van der Waals surface area contributed by atoms with Gasteiger partial charge in [0.25, 0.3) is 0 Å². The molecule has 0 radical (unpaired) electrons. The summed E-state index contributed by atoms with van der Waals surface area (Å²) in [6.45, 7) is 4.84. The van der Waals surface area contributed by atoms with Gasteiger partial charge in [-0.3, -0.25) is 4.90 Å². The minimum atomic E-state index is -4.50. The molecule has 0 saturated carbocycles. The first-order valence-electron chi connectivity index (χ1n) is 8.05. The lowest BCUT2D eigenvalue weighted by Crippen LogP contribution is -2.49. The number of pyridine rings is 1. The first-order chi connectivity index (χ1) is 12.3. The molecule has 1 fully saturated rings. The number of alkyl halides is 3. The van der Waals surface area contributed by atoms with Gasteiger partial charge in [-0.2, -0.15) is 13.2 Å². The molecule has 0 unspecified atom stereocenters. The highest BCUT2D eigenvalue weighted by molar-refractivity contribution is 5.89. The van der Waals surface area contributed by atoms with Crippen molar-refractivity contribution in [3.8, 4) is 0 Å². The summed E-state index contributed by atoms with van der Waals surface area (Å²) >= 11 is 0. The lowest BCUT2D eigenvalue weighted by Gasteiger charge is -2.34. The SMILES string of the molecule is Cc1cc(CN2CCN(C(=O)Nc3ccc(C(F)(F)F)nc3)CC2)no1. The van der Waals surface area contributed by atoms with Gasteiger partial charge < -0.3 is 14.7 Å². The number of aromatic nitrogens is 2. The van der Waals surface area contributed by atoms with Crippen molar-refractivity contribution >= 4 is 11.7 Å². The van der Waals surface area contributed by atoms with Crippen molar-refractivity contribution in [2.75, 3.05) is 31.5 Å². The lowest BCUT2D eigenvalue weighted by molar-refractivity contribution is -0.141. The van der Waals surface area contributed by atoms with Gasteiger partial charge in [-0.1, -0.05) is 5.16 Å². The zero-order chi connectivity index (χ0) is 18.7. The van der Waals surface area contributed by atoms with Gasteiger partial charge >= 0.3 is 12.2 Å². The maximum Gasteiger partial charge on any atom is 0.433 e. The molecule has 10 heteroatoms. The average Bonchev–Trinajstić information content (AvgIpc) is 3.00. The van der Waals surface area contributed by atoms with Crippen LogP contribution >= 0.6 is 0 Å². The van der Waals surface area contributed by atoms with E-state index in [9.17, 15) is 18.0 Å². The van der Waals surface area contributed by atoms with Crippen LogP contribution in [-0.2, 0) is 12.7 Å². The summed E-state index contributed by atoms with van der Waals surface area (Å²) in [6.07, 6.45) is -3.49. The van der Waals surface area contributed by atoms with E-state index in [0.717, 1.165) is 23.7 Å². The molecular formula is C16H18F3N5O2. The van der Waals surface area contributed by atoms with Crippen molar-refractivity contribution in [3.05, 3.63) is 41.5 Å². The van der Waals surface area contributed by atoms with Crippen LogP contribution in [0.5, 0.6) is 0 Å². The van der Waals surface area contributed by atoms with Crippen LogP contribution in [0.1, 0.15) is 17.1 Å². The molecule has 26 heavy (non-hydrogen) atoms. The van der Waals surface area contributed by atoms with Gasteiger partial charge in [-0.05, 0) is 19.1 Å². The quantitative estimate of drug-likeness (QED) is 0.901. The largest absolute Gasteiger partial charge is 0.433 e. The maximum atomic E-state index is 12.5. The average molecular weight is 369 g/mol. The van der Waals surface area contributed by atoms with Gasteiger partial charge in [0.15, 0.2) is 0 Å². The minimum absolute atomic E-state index is 0.225. The molecule has 2 aromatic heterocycles. The molecule has 1 aliphatic heterocycles. The van der Waals surface area contributed by atoms with E-state index < -0.39 is 11.9 Å². The van der Waals surface area contributed by atoms with Crippen LogP contribution in [-0.4, -0.2) is 52.2 Å². The number of urea groups is 1. The molecular weight excluding hydrogens is 351 g/mol. The molecule has 2 aromatic rings. The molecule has 140 valence electrons. The number of carbonyl (C=O) groups is 1. The van der Waals surface area contributed by atoms with Crippen molar-refractivity contribution < 1.29 is 22.5 Å². The Balaban J connectivity index is 1.49. The topological polar surface area (TPSA) is 74.5 Å². The molecule has 1 saturated heterocycles. The molecule has 0 bridgehead atoms. The third-order valence-electron chi connectivity index (χ3n) is 4.03. The van der Waals surface area contributed by atoms with Crippen molar-refractivity contribution in [2.24, 2.45) is 0 Å². The van der Waals surface area contributed by atoms with Crippen LogP contribution in [0.3, 0.4) is 0 Å². The Morgan fingerprint density at radius 3 is 2.54 bits per heavy atom. The van der Waals surface area contributed by atoms with Crippen molar-refractivity contribution in [1.82, 2.24) is 19.9 Å². The zero-order valence-corrected chi connectivity index (χ0v) is 14.1. The molecule has 7 nitrogen and oxygen atoms in total. The number of piperazine rings is 1. The fourth-order valence-corrected chi connectivity index (χ4v) is 2.67. The van der Waals surface area contributed by atoms with E-state index in [0.29, 0.717) is 32.7 Å². The van der Waals surface area contributed by atoms with Gasteiger partial charge in [0, 0.05) is 38.8 Å². The van der Waals surface area contributed by atoms with E-state index in [4.69, 9.17) is 4.52 Å². The molecule has 0 aromatic carbocycles. The van der Waals surface area contributed by atoms with Crippen LogP contribution in [0, 0.1) is 6.92 Å². The summed E-state index contributed by atoms with van der Waals surface area (Å²) in [7, 11) is 0. The van der Waals surface area contributed by atoms with Crippen molar-refractivity contribution in [3.63, 3.8) is 0 Å². The molecule has 1 N–H and O–H groups in total. The van der Waals surface area contributed by atoms with Gasteiger partial charge in [0.2, 0.25) is 0 Å². The number of aryl methyl sites for hydroxylation is 1. The van der Waals surface area contributed by atoms with E-state index in [1.165, 1.54) is 6.07 Å². The van der Waals surface area contributed by atoms with E-state index in [-0.39, 0.29) is 11.7 Å². The number of amides is 2. The molecule has 3 rings (SSSR count). The van der Waals surface area contributed by atoms with Crippen LogP contribution in [0.4, 0.5) is 23.7 Å². The second-order valence-corrected chi connectivity index (χ2v) is 6.05. The predicted octanol–water partition coefficient (Wildman–Crippen LogP) is 2.75. The van der Waals surface area contributed by atoms with Gasteiger partial charge in [0.05, 0.1) is 17.6 Å². The third-order valence-corrected chi connectivity index (χ3v) is 4.03. The molecule has 0 spiro atoms. The maximum absolute atomic E-state index is 12.5. The van der Waals surface area contributed by atoms with Crippen LogP contribution in [0.2, 0.25) is 0 Å². The Kier molecular flexibility index (Phi) is 5.12. The summed E-state index contributed by atoms with van der Waals surface area (Å²) in [5.74, 6) is 0.753. The minimum Gasteiger partial charge on any atom is -0.361 e. The van der Waals surface area contributed by atoms with E-state index >= 15 is 0 Å². The number of nitrogens with one attached hydrogen (secondary N) is 1. The summed E-state index contributed by atoms with van der Waals surface area (Å²) < 4.78 is 42.5. The summed E-state index contributed by atoms with van der Waals surface area (Å²) in [6, 6.07) is 3.55. The molecule has 0 atom stereocenters. The predicted molar refractivity (Wildman–Crippen MR) is 86.3 cm³/mol. The van der Waals surface area contributed by atoms with Gasteiger partial charge in [-0.15, -0.1) is 0 Å². The molecule has 2 amide bonds. The Labute approximate surface area is 147 Å². The number of halogens is 3. The number of anilines is 1. The van der Waals surface area contributed by atoms with Crippen LogP contribution in [0.15, 0.2) is 28.9 Å². The fraction of sp³-hybridized carbons (Fsp3) is 0.438. The first kappa shape index (κ1) is 18.2. The van der Waals surface area contributed by atoms with E-state index in [1.54, 1.807) is 4.90 Å². The number of rotatable bonds is 3. The second-order valence-electron chi connectivity index (χ2n) is 6.05. The zero-order valence-electron chi connectivity index (χ0n) is 14.1. The van der Waals surface area contributed by atoms with Crippen LogP contribution < -0.4 is 5.32 Å². The van der Waals surface area contributed by atoms with Crippen molar-refractivity contribution in [2.45, 2.75) is 19.6 Å². The number of hydrogen-bond acceptors (Lipinski definition) is 5. The highest BCUT2D eigenvalue weighted by Gasteiger charge is 2.32. The van der Waals surface area contributed by atoms with E-state index in [2.05, 4.69) is 20.4 Å². The smallest absolute Gasteiger partial charge is 0.361 e. The third kappa shape index (κ3) is 4.51. The monoisotopic (exact) mass is 369 g/mol. The Morgan fingerprint density at radius 1 is 1.27 bits per heavy atom.